The maximum atomic E-state index is 12.9. The van der Waals surface area contributed by atoms with Gasteiger partial charge in [-0.25, -0.2) is 0 Å². The van der Waals surface area contributed by atoms with E-state index in [1.54, 1.807) is 19.1 Å². The summed E-state index contributed by atoms with van der Waals surface area (Å²) in [6.45, 7) is 6.51. The van der Waals surface area contributed by atoms with Crippen molar-refractivity contribution in [2.75, 3.05) is 11.6 Å². The van der Waals surface area contributed by atoms with E-state index in [-0.39, 0.29) is 18.1 Å². The van der Waals surface area contributed by atoms with E-state index in [4.69, 9.17) is 4.74 Å². The number of amides is 1. The Bertz CT molecular complexity index is 887. The first-order valence-electron chi connectivity index (χ1n) is 9.76. The van der Waals surface area contributed by atoms with Gasteiger partial charge in [0.25, 0.3) is 5.91 Å². The first kappa shape index (κ1) is 19.8. The smallest absolute Gasteiger partial charge is 0.263 e. The minimum atomic E-state index is -0.818. The summed E-state index contributed by atoms with van der Waals surface area (Å²) in [5.41, 5.74) is 3.28. The lowest BCUT2D eigenvalue weighted by Crippen LogP contribution is -2.33. The average Bonchev–Trinajstić information content (AvgIpc) is 3.01. The Morgan fingerprint density at radius 1 is 1.11 bits per heavy atom. The number of hydrogen-bond donors (Lipinski definition) is 0. The number of Topliss-reactive ketones (excluding diaryl/α,β-unsaturated/α-hetero) is 1. The molecule has 146 valence electrons. The van der Waals surface area contributed by atoms with Crippen molar-refractivity contribution in [2.24, 2.45) is 11.0 Å². The predicted molar refractivity (Wildman–Crippen MR) is 111 cm³/mol. The molecule has 5 nitrogen and oxygen atoms in total. The number of carbonyl (C=O) groups excluding carboxylic acids is 2. The lowest BCUT2D eigenvalue weighted by molar-refractivity contribution is -0.128. The molecule has 5 heteroatoms. The minimum Gasteiger partial charge on any atom is -0.494 e. The van der Waals surface area contributed by atoms with Crippen LogP contribution in [0.5, 0.6) is 5.75 Å². The molecule has 1 atom stereocenters. The van der Waals surface area contributed by atoms with Crippen molar-refractivity contribution in [1.29, 1.82) is 0 Å². The van der Waals surface area contributed by atoms with Crippen LogP contribution in [0.4, 0.5) is 5.69 Å². The van der Waals surface area contributed by atoms with Crippen molar-refractivity contribution in [2.45, 2.75) is 40.0 Å². The molecule has 0 aliphatic carbocycles. The molecule has 0 radical (unpaired) electrons. The van der Waals surface area contributed by atoms with E-state index in [1.165, 1.54) is 10.6 Å². The van der Waals surface area contributed by atoms with Crippen molar-refractivity contribution >= 4 is 23.1 Å². The molecule has 1 heterocycles. The van der Waals surface area contributed by atoms with E-state index >= 15 is 0 Å². The lowest BCUT2D eigenvalue weighted by atomic mass is 9.93. The third kappa shape index (κ3) is 4.30. The van der Waals surface area contributed by atoms with E-state index in [0.717, 1.165) is 24.2 Å². The zero-order valence-corrected chi connectivity index (χ0v) is 16.6. The van der Waals surface area contributed by atoms with Gasteiger partial charge in [0.15, 0.2) is 5.78 Å². The largest absolute Gasteiger partial charge is 0.494 e. The second kappa shape index (κ2) is 8.83. The molecular weight excluding hydrogens is 352 g/mol. The zero-order chi connectivity index (χ0) is 20.1. The first-order chi connectivity index (χ1) is 13.5. The Labute approximate surface area is 166 Å². The van der Waals surface area contributed by atoms with Crippen LogP contribution in [0.15, 0.2) is 53.6 Å². The van der Waals surface area contributed by atoms with Gasteiger partial charge in [0.2, 0.25) is 0 Å². The molecule has 28 heavy (non-hydrogen) atoms. The summed E-state index contributed by atoms with van der Waals surface area (Å²) in [4.78, 5) is 25.7. The monoisotopic (exact) mass is 378 g/mol. The van der Waals surface area contributed by atoms with Gasteiger partial charge in [-0.2, -0.15) is 10.1 Å². The summed E-state index contributed by atoms with van der Waals surface area (Å²) in [7, 11) is 0. The minimum absolute atomic E-state index is 0.120. The van der Waals surface area contributed by atoms with Crippen LogP contribution in [0.3, 0.4) is 0 Å². The fourth-order valence-corrected chi connectivity index (χ4v) is 3.29. The summed E-state index contributed by atoms with van der Waals surface area (Å²) in [6, 6.07) is 15.1. The van der Waals surface area contributed by atoms with Gasteiger partial charge in [-0.05, 0) is 55.2 Å². The van der Waals surface area contributed by atoms with E-state index in [2.05, 4.69) is 12.0 Å². The van der Waals surface area contributed by atoms with E-state index in [0.29, 0.717) is 18.0 Å². The number of carbonyl (C=O) groups is 2. The second-order valence-corrected chi connectivity index (χ2v) is 6.98. The third-order valence-corrected chi connectivity index (χ3v) is 4.79. The second-order valence-electron chi connectivity index (χ2n) is 6.98. The molecule has 0 saturated carbocycles. The van der Waals surface area contributed by atoms with Crippen molar-refractivity contribution in [3.63, 3.8) is 0 Å². The number of rotatable bonds is 8. The molecule has 1 aliphatic rings. The highest BCUT2D eigenvalue weighted by Crippen LogP contribution is 2.27. The molecule has 1 unspecified atom stereocenters. The van der Waals surface area contributed by atoms with Crippen LogP contribution in [0.2, 0.25) is 0 Å². The molecule has 1 aliphatic heterocycles. The van der Waals surface area contributed by atoms with Crippen molar-refractivity contribution in [1.82, 2.24) is 0 Å². The van der Waals surface area contributed by atoms with Crippen LogP contribution >= 0.6 is 0 Å². The molecule has 0 aromatic heterocycles. The van der Waals surface area contributed by atoms with Crippen molar-refractivity contribution in [3.8, 4) is 5.75 Å². The normalized spacial score (nSPS) is 16.2. The Hall–Kier alpha value is -2.95. The molecule has 2 aromatic rings. The molecule has 0 saturated heterocycles. The highest BCUT2D eigenvalue weighted by Gasteiger charge is 2.39. The quantitative estimate of drug-likeness (QED) is 0.647. The van der Waals surface area contributed by atoms with Crippen LogP contribution in [0.25, 0.3) is 0 Å². The van der Waals surface area contributed by atoms with E-state index in [1.807, 2.05) is 43.3 Å². The van der Waals surface area contributed by atoms with Crippen LogP contribution in [-0.2, 0) is 22.4 Å². The molecular formula is C23H26N2O3. The Kier molecular flexibility index (Phi) is 6.24. The maximum Gasteiger partial charge on any atom is 0.263 e. The number of ketones is 1. The topological polar surface area (TPSA) is 59.0 Å². The fraction of sp³-hybridized carbons (Fsp3) is 0.348. The summed E-state index contributed by atoms with van der Waals surface area (Å²) < 4.78 is 5.57. The Morgan fingerprint density at radius 2 is 1.82 bits per heavy atom. The highest BCUT2D eigenvalue weighted by atomic mass is 16.5. The number of hydrogen-bond acceptors (Lipinski definition) is 4. The van der Waals surface area contributed by atoms with Crippen LogP contribution in [-0.4, -0.2) is 24.0 Å². The predicted octanol–water partition coefficient (Wildman–Crippen LogP) is 4.19. The lowest BCUT2D eigenvalue weighted by Gasteiger charge is -2.15. The SMILES string of the molecule is CCCOc1ccc(N2N=C(C)C(C(=O)Cc3cccc(CC)c3)C2=O)cc1. The summed E-state index contributed by atoms with van der Waals surface area (Å²) in [5, 5.41) is 5.67. The van der Waals surface area contributed by atoms with Crippen LogP contribution in [0, 0.1) is 5.92 Å². The number of nitrogens with zero attached hydrogens (tertiary/aromatic N) is 2. The van der Waals surface area contributed by atoms with Gasteiger partial charge in [-0.15, -0.1) is 0 Å². The molecule has 0 fully saturated rings. The molecule has 1 amide bonds. The average molecular weight is 378 g/mol. The Balaban J connectivity index is 1.72. The van der Waals surface area contributed by atoms with E-state index < -0.39 is 5.92 Å². The van der Waals surface area contributed by atoms with Crippen molar-refractivity contribution in [3.05, 3.63) is 59.7 Å². The third-order valence-electron chi connectivity index (χ3n) is 4.79. The Morgan fingerprint density at radius 3 is 2.50 bits per heavy atom. The zero-order valence-electron chi connectivity index (χ0n) is 16.6. The number of benzene rings is 2. The molecule has 3 rings (SSSR count). The fourth-order valence-electron chi connectivity index (χ4n) is 3.29. The highest BCUT2D eigenvalue weighted by molar-refractivity contribution is 6.27. The molecule has 2 aromatic carbocycles. The summed E-state index contributed by atoms with van der Waals surface area (Å²) in [6.07, 6.45) is 2.08. The molecule has 0 bridgehead atoms. The van der Waals surface area contributed by atoms with Gasteiger partial charge in [0.05, 0.1) is 18.0 Å². The van der Waals surface area contributed by atoms with Gasteiger partial charge in [-0.1, -0.05) is 38.1 Å². The first-order valence-corrected chi connectivity index (χ1v) is 9.76. The van der Waals surface area contributed by atoms with E-state index in [9.17, 15) is 9.59 Å². The van der Waals surface area contributed by atoms with Gasteiger partial charge < -0.3 is 4.74 Å². The number of anilines is 1. The van der Waals surface area contributed by atoms with Gasteiger partial charge in [0, 0.05) is 6.42 Å². The van der Waals surface area contributed by atoms with Gasteiger partial charge in [-0.3, -0.25) is 9.59 Å². The number of aryl methyl sites for hydroxylation is 1. The number of hydrazone groups is 1. The molecule has 0 spiro atoms. The van der Waals surface area contributed by atoms with Gasteiger partial charge >= 0.3 is 0 Å². The molecule has 0 N–H and O–H groups in total. The van der Waals surface area contributed by atoms with Crippen LogP contribution in [0.1, 0.15) is 38.3 Å². The number of ether oxygens (including phenoxy) is 1. The summed E-state index contributed by atoms with van der Waals surface area (Å²) in [5.74, 6) is -0.482. The van der Waals surface area contributed by atoms with Gasteiger partial charge in [0.1, 0.15) is 11.7 Å². The maximum absolute atomic E-state index is 12.9. The van der Waals surface area contributed by atoms with Crippen LogP contribution < -0.4 is 9.75 Å². The summed E-state index contributed by atoms with van der Waals surface area (Å²) >= 11 is 0. The van der Waals surface area contributed by atoms with Crippen molar-refractivity contribution < 1.29 is 14.3 Å². The standard InChI is InChI=1S/C23H26N2O3/c1-4-13-28-20-11-9-19(10-12-20)25-23(27)22(16(3)24-25)21(26)15-18-8-6-7-17(5-2)14-18/h6-12,14,22H,4-5,13,15H2,1-3H3.